The van der Waals surface area contributed by atoms with Crippen LogP contribution in [0.15, 0.2) is 79.7 Å². The lowest BCUT2D eigenvalue weighted by atomic mass is 10.1. The Bertz CT molecular complexity index is 964. The van der Waals surface area contributed by atoms with E-state index in [0.29, 0.717) is 11.3 Å². The Kier molecular flexibility index (Phi) is 5.28. The van der Waals surface area contributed by atoms with Crippen LogP contribution in [0.3, 0.4) is 0 Å². The largest absolute Gasteiger partial charge is 0.506 e. The van der Waals surface area contributed by atoms with Crippen molar-refractivity contribution in [2.45, 2.75) is 9.79 Å². The first kappa shape index (κ1) is 17.6. The summed E-state index contributed by atoms with van der Waals surface area (Å²) in [5.74, 6) is -0.665. The number of rotatable bonds is 6. The molecular formula is C19H14O6S. The fourth-order valence-corrected chi connectivity index (χ4v) is 2.99. The Labute approximate surface area is 152 Å². The summed E-state index contributed by atoms with van der Waals surface area (Å²) in [6, 6.07) is 16.9. The first-order valence-electron chi connectivity index (χ1n) is 7.58. The van der Waals surface area contributed by atoms with E-state index in [1.807, 2.05) is 30.3 Å². The lowest BCUT2D eigenvalue weighted by molar-refractivity contribution is -0.139. The van der Waals surface area contributed by atoms with Gasteiger partial charge in [-0.15, -0.1) is 0 Å². The fourth-order valence-electron chi connectivity index (χ4n) is 2.17. The summed E-state index contributed by atoms with van der Waals surface area (Å²) in [6.45, 7) is -0.444. The van der Waals surface area contributed by atoms with E-state index in [1.165, 1.54) is 6.07 Å². The van der Waals surface area contributed by atoms with Gasteiger partial charge in [0.15, 0.2) is 6.61 Å². The van der Waals surface area contributed by atoms with Crippen LogP contribution in [-0.4, -0.2) is 22.8 Å². The van der Waals surface area contributed by atoms with Gasteiger partial charge in [0, 0.05) is 16.5 Å². The van der Waals surface area contributed by atoms with Crippen molar-refractivity contribution in [2.75, 3.05) is 6.61 Å². The molecule has 26 heavy (non-hydrogen) atoms. The third-order valence-electron chi connectivity index (χ3n) is 3.35. The number of benzene rings is 2. The topological polar surface area (TPSA) is 97.0 Å². The van der Waals surface area contributed by atoms with Crippen molar-refractivity contribution in [3.8, 4) is 22.8 Å². The summed E-state index contributed by atoms with van der Waals surface area (Å²) in [6.07, 6.45) is 0. The van der Waals surface area contributed by atoms with Crippen LogP contribution < -0.4 is 10.4 Å². The number of carbonyl (C=O) groups is 1. The minimum Gasteiger partial charge on any atom is -0.506 e. The smallest absolute Gasteiger partial charge is 0.354 e. The fraction of sp³-hybridized carbons (Fsp3) is 0.0526. The molecule has 1 aromatic heterocycles. The van der Waals surface area contributed by atoms with Gasteiger partial charge >= 0.3 is 11.6 Å². The van der Waals surface area contributed by atoms with Crippen LogP contribution in [-0.2, 0) is 4.79 Å². The van der Waals surface area contributed by atoms with Gasteiger partial charge in [-0.3, -0.25) is 0 Å². The van der Waals surface area contributed by atoms with Crippen molar-refractivity contribution in [3.05, 3.63) is 71.1 Å². The molecule has 0 aliphatic rings. The molecule has 3 aromatic rings. The van der Waals surface area contributed by atoms with Crippen LogP contribution in [0.4, 0.5) is 0 Å². The van der Waals surface area contributed by atoms with E-state index in [1.54, 1.807) is 24.3 Å². The van der Waals surface area contributed by atoms with Gasteiger partial charge in [0.25, 0.3) is 0 Å². The summed E-state index contributed by atoms with van der Waals surface area (Å²) in [5.41, 5.74) is -0.0867. The van der Waals surface area contributed by atoms with Crippen molar-refractivity contribution >= 4 is 17.7 Å². The van der Waals surface area contributed by atoms with Crippen LogP contribution in [0.2, 0.25) is 0 Å². The molecule has 0 aliphatic carbocycles. The average Bonchev–Trinajstić information content (AvgIpc) is 2.64. The first-order chi connectivity index (χ1) is 12.5. The number of aliphatic carboxylic acids is 1. The Balaban J connectivity index is 1.83. The lowest BCUT2D eigenvalue weighted by Crippen LogP contribution is -2.09. The molecule has 0 amide bonds. The Morgan fingerprint density at radius 2 is 1.77 bits per heavy atom. The zero-order valence-electron chi connectivity index (χ0n) is 13.4. The van der Waals surface area contributed by atoms with Gasteiger partial charge in [0.05, 0.1) is 0 Å². The second kappa shape index (κ2) is 7.79. The van der Waals surface area contributed by atoms with E-state index in [9.17, 15) is 14.7 Å². The van der Waals surface area contributed by atoms with Gasteiger partial charge in [0.2, 0.25) is 0 Å². The maximum absolute atomic E-state index is 12.2. The van der Waals surface area contributed by atoms with Crippen molar-refractivity contribution in [1.29, 1.82) is 0 Å². The second-order valence-corrected chi connectivity index (χ2v) is 6.32. The van der Waals surface area contributed by atoms with Crippen LogP contribution in [0.25, 0.3) is 11.3 Å². The van der Waals surface area contributed by atoms with E-state index < -0.39 is 18.2 Å². The third-order valence-corrected chi connectivity index (χ3v) is 4.44. The summed E-state index contributed by atoms with van der Waals surface area (Å²) in [5, 5.41) is 18.8. The molecule has 0 saturated carbocycles. The molecule has 0 fully saturated rings. The molecule has 2 N–H and O–H groups in total. The highest BCUT2D eigenvalue weighted by molar-refractivity contribution is 7.99. The third kappa shape index (κ3) is 4.25. The maximum atomic E-state index is 12.2. The van der Waals surface area contributed by atoms with Gasteiger partial charge in [0.1, 0.15) is 22.2 Å². The normalized spacial score (nSPS) is 10.5. The minimum absolute atomic E-state index is 0.112. The zero-order valence-corrected chi connectivity index (χ0v) is 14.2. The predicted molar refractivity (Wildman–Crippen MR) is 95.8 cm³/mol. The van der Waals surface area contributed by atoms with E-state index in [4.69, 9.17) is 14.3 Å². The van der Waals surface area contributed by atoms with E-state index >= 15 is 0 Å². The number of hydrogen-bond donors (Lipinski definition) is 2. The number of ether oxygens (including phenoxy) is 1. The van der Waals surface area contributed by atoms with E-state index in [0.717, 1.165) is 16.7 Å². The molecule has 0 radical (unpaired) electrons. The molecule has 0 atom stereocenters. The quantitative estimate of drug-likeness (QED) is 0.684. The number of carboxylic acid groups (broad SMARTS) is 1. The standard InChI is InChI=1S/C19H14O6S/c20-15-10-16(12-6-8-13(9-7-12)24-11-17(21)22)25-19(23)18(15)26-14-4-2-1-3-5-14/h1-10,20H,11H2,(H,21,22). The molecule has 7 heteroatoms. The van der Waals surface area contributed by atoms with Crippen LogP contribution in [0.1, 0.15) is 0 Å². The van der Waals surface area contributed by atoms with E-state index in [-0.39, 0.29) is 16.4 Å². The van der Waals surface area contributed by atoms with Gasteiger partial charge in [-0.05, 0) is 36.4 Å². The van der Waals surface area contributed by atoms with Crippen molar-refractivity contribution < 1.29 is 24.2 Å². The molecular weight excluding hydrogens is 356 g/mol. The molecule has 3 rings (SSSR count). The first-order valence-corrected chi connectivity index (χ1v) is 8.39. The van der Waals surface area contributed by atoms with Gasteiger partial charge in [-0.1, -0.05) is 30.0 Å². The monoisotopic (exact) mass is 370 g/mol. The highest BCUT2D eigenvalue weighted by Crippen LogP contribution is 2.34. The molecule has 0 spiro atoms. The Hall–Kier alpha value is -3.19. The zero-order chi connectivity index (χ0) is 18.5. The van der Waals surface area contributed by atoms with Crippen LogP contribution in [0, 0.1) is 0 Å². The molecule has 0 saturated heterocycles. The number of aromatic hydroxyl groups is 1. The molecule has 0 aliphatic heterocycles. The molecule has 132 valence electrons. The highest BCUT2D eigenvalue weighted by Gasteiger charge is 2.14. The maximum Gasteiger partial charge on any atom is 0.354 e. The summed E-state index contributed by atoms with van der Waals surface area (Å²) < 4.78 is 10.4. The second-order valence-electron chi connectivity index (χ2n) is 5.23. The molecule has 2 aromatic carbocycles. The van der Waals surface area contributed by atoms with Crippen LogP contribution >= 0.6 is 11.8 Å². The van der Waals surface area contributed by atoms with Gasteiger partial charge < -0.3 is 19.4 Å². The molecule has 0 bridgehead atoms. The minimum atomic E-state index is -1.07. The van der Waals surface area contributed by atoms with Crippen LogP contribution in [0.5, 0.6) is 11.5 Å². The molecule has 1 heterocycles. The summed E-state index contributed by atoms with van der Waals surface area (Å²) in [4.78, 5) is 23.7. The number of hydrogen-bond acceptors (Lipinski definition) is 6. The van der Waals surface area contributed by atoms with Crippen molar-refractivity contribution in [2.24, 2.45) is 0 Å². The average molecular weight is 370 g/mol. The Morgan fingerprint density at radius 1 is 1.08 bits per heavy atom. The molecule has 0 unspecified atom stereocenters. The SMILES string of the molecule is O=C(O)COc1ccc(-c2cc(O)c(Sc3ccccc3)c(=O)o2)cc1. The predicted octanol–water partition coefficient (Wildman–Crippen LogP) is 3.63. The van der Waals surface area contributed by atoms with Gasteiger partial charge in [-0.25, -0.2) is 9.59 Å². The lowest BCUT2D eigenvalue weighted by Gasteiger charge is -2.07. The van der Waals surface area contributed by atoms with Gasteiger partial charge in [-0.2, -0.15) is 0 Å². The summed E-state index contributed by atoms with van der Waals surface area (Å²) in [7, 11) is 0. The molecule has 6 nitrogen and oxygen atoms in total. The van der Waals surface area contributed by atoms with E-state index in [2.05, 4.69) is 0 Å². The van der Waals surface area contributed by atoms with Crippen molar-refractivity contribution in [1.82, 2.24) is 0 Å². The summed E-state index contributed by atoms with van der Waals surface area (Å²) >= 11 is 1.12. The van der Waals surface area contributed by atoms with Crippen molar-refractivity contribution in [3.63, 3.8) is 0 Å². The highest BCUT2D eigenvalue weighted by atomic mass is 32.2. The number of carboxylic acids is 1. The Morgan fingerprint density at radius 3 is 2.38 bits per heavy atom.